The van der Waals surface area contributed by atoms with Crippen LogP contribution in [-0.2, 0) is 11.2 Å². The highest BCUT2D eigenvalue weighted by atomic mass is 16.5. The van der Waals surface area contributed by atoms with Gasteiger partial charge in [0.15, 0.2) is 0 Å². The highest BCUT2D eigenvalue weighted by Gasteiger charge is 2.11. The van der Waals surface area contributed by atoms with Crippen LogP contribution < -0.4 is 4.74 Å². The fourth-order valence-electron chi connectivity index (χ4n) is 1.69. The van der Waals surface area contributed by atoms with E-state index in [9.17, 15) is 4.79 Å². The summed E-state index contributed by atoms with van der Waals surface area (Å²) in [5, 5.41) is 9.60. The van der Waals surface area contributed by atoms with Crippen LogP contribution in [0.3, 0.4) is 0 Å². The molecule has 2 N–H and O–H groups in total. The van der Waals surface area contributed by atoms with Gasteiger partial charge in [-0.3, -0.25) is 4.79 Å². The third kappa shape index (κ3) is 1.66. The molecule has 0 unspecified atom stereocenters. The molecule has 4 nitrogen and oxygen atoms in total. The minimum atomic E-state index is -0.846. The van der Waals surface area contributed by atoms with Gasteiger partial charge in [0.25, 0.3) is 0 Å². The summed E-state index contributed by atoms with van der Waals surface area (Å²) in [7, 11) is 1.58. The van der Waals surface area contributed by atoms with Crippen molar-refractivity contribution in [3.63, 3.8) is 0 Å². The average Bonchev–Trinajstić information content (AvgIpc) is 2.61. The van der Waals surface area contributed by atoms with Crippen LogP contribution in [0.1, 0.15) is 5.56 Å². The minimum absolute atomic E-state index is 0.000370. The summed E-state index contributed by atoms with van der Waals surface area (Å²) in [6.07, 6.45) is 1.71. The molecular weight excluding hydrogens is 194 g/mol. The highest BCUT2D eigenvalue weighted by Crippen LogP contribution is 2.28. The molecule has 0 radical (unpaired) electrons. The summed E-state index contributed by atoms with van der Waals surface area (Å²) in [4.78, 5) is 13.7. The fourth-order valence-corrected chi connectivity index (χ4v) is 1.69. The standard InChI is InChI=1S/C11H11NO3/c1-15-9-4-2-3-8-11(9)7(6-12-8)5-10(13)14/h2-4,6,12H,5H2,1H3,(H,13,14). The lowest BCUT2D eigenvalue weighted by atomic mass is 10.1. The maximum absolute atomic E-state index is 10.7. The first-order valence-electron chi connectivity index (χ1n) is 4.57. The molecule has 2 aromatic rings. The Morgan fingerprint density at radius 1 is 1.53 bits per heavy atom. The number of fused-ring (bicyclic) bond motifs is 1. The summed E-state index contributed by atoms with van der Waals surface area (Å²) in [6, 6.07) is 5.58. The van der Waals surface area contributed by atoms with Gasteiger partial charge in [-0.2, -0.15) is 0 Å². The number of carboxylic acid groups (broad SMARTS) is 1. The van der Waals surface area contributed by atoms with Gasteiger partial charge in [-0.15, -0.1) is 0 Å². The first-order chi connectivity index (χ1) is 7.22. The number of hydrogen-bond donors (Lipinski definition) is 2. The van der Waals surface area contributed by atoms with Crippen molar-refractivity contribution in [2.24, 2.45) is 0 Å². The lowest BCUT2D eigenvalue weighted by Gasteiger charge is -2.02. The van der Waals surface area contributed by atoms with E-state index in [4.69, 9.17) is 9.84 Å². The third-order valence-corrected chi connectivity index (χ3v) is 2.31. The lowest BCUT2D eigenvalue weighted by molar-refractivity contribution is -0.136. The van der Waals surface area contributed by atoms with Gasteiger partial charge in [0.1, 0.15) is 5.75 Å². The van der Waals surface area contributed by atoms with Crippen molar-refractivity contribution in [2.75, 3.05) is 7.11 Å². The Morgan fingerprint density at radius 2 is 2.33 bits per heavy atom. The molecular formula is C11H11NO3. The van der Waals surface area contributed by atoms with Crippen LogP contribution in [0, 0.1) is 0 Å². The largest absolute Gasteiger partial charge is 0.496 e. The number of H-pyrrole nitrogens is 1. The number of carboxylic acids is 1. The van der Waals surface area contributed by atoms with E-state index in [1.54, 1.807) is 13.3 Å². The number of rotatable bonds is 3. The van der Waals surface area contributed by atoms with Crippen molar-refractivity contribution in [1.29, 1.82) is 0 Å². The molecule has 1 heterocycles. The van der Waals surface area contributed by atoms with E-state index in [1.807, 2.05) is 18.2 Å². The topological polar surface area (TPSA) is 62.3 Å². The smallest absolute Gasteiger partial charge is 0.307 e. The third-order valence-electron chi connectivity index (χ3n) is 2.31. The molecule has 0 bridgehead atoms. The van der Waals surface area contributed by atoms with Gasteiger partial charge in [0.2, 0.25) is 0 Å². The van der Waals surface area contributed by atoms with Gasteiger partial charge in [0, 0.05) is 17.1 Å². The van der Waals surface area contributed by atoms with Crippen LogP contribution in [-0.4, -0.2) is 23.2 Å². The molecule has 0 aliphatic heterocycles. The number of ether oxygens (including phenoxy) is 1. The second kappa shape index (κ2) is 3.65. The van der Waals surface area contributed by atoms with Crippen LogP contribution in [0.25, 0.3) is 10.9 Å². The van der Waals surface area contributed by atoms with E-state index in [0.29, 0.717) is 5.75 Å². The summed E-state index contributed by atoms with van der Waals surface area (Å²) in [5.74, 6) is -0.146. The van der Waals surface area contributed by atoms with Crippen LogP contribution in [0.5, 0.6) is 5.75 Å². The zero-order valence-electron chi connectivity index (χ0n) is 8.28. The van der Waals surface area contributed by atoms with Gasteiger partial charge in [-0.25, -0.2) is 0 Å². The number of methoxy groups -OCH3 is 1. The Morgan fingerprint density at radius 3 is 3.00 bits per heavy atom. The Kier molecular flexibility index (Phi) is 2.33. The molecule has 0 amide bonds. The van der Waals surface area contributed by atoms with Gasteiger partial charge >= 0.3 is 5.97 Å². The van der Waals surface area contributed by atoms with Crippen molar-refractivity contribution in [2.45, 2.75) is 6.42 Å². The SMILES string of the molecule is COc1cccc2[nH]cc(CC(=O)O)c12. The summed E-state index contributed by atoms with van der Waals surface area (Å²) in [6.45, 7) is 0. The van der Waals surface area contributed by atoms with E-state index >= 15 is 0 Å². The first kappa shape index (κ1) is 9.58. The number of aromatic nitrogens is 1. The normalized spacial score (nSPS) is 10.5. The number of nitrogens with one attached hydrogen (secondary N) is 1. The summed E-state index contributed by atoms with van der Waals surface area (Å²) >= 11 is 0. The second-order valence-electron chi connectivity index (χ2n) is 3.27. The number of carbonyl (C=O) groups is 1. The maximum Gasteiger partial charge on any atom is 0.307 e. The molecule has 2 rings (SSSR count). The van der Waals surface area contributed by atoms with Gasteiger partial charge < -0.3 is 14.8 Å². The van der Waals surface area contributed by atoms with E-state index in [1.165, 1.54) is 0 Å². The Bertz CT molecular complexity index is 502. The predicted molar refractivity (Wildman–Crippen MR) is 56.2 cm³/mol. The Labute approximate surface area is 86.5 Å². The van der Waals surface area contributed by atoms with Crippen LogP contribution >= 0.6 is 0 Å². The Hall–Kier alpha value is -1.97. The number of benzene rings is 1. The zero-order chi connectivity index (χ0) is 10.8. The van der Waals surface area contributed by atoms with Crippen molar-refractivity contribution in [1.82, 2.24) is 4.98 Å². The molecule has 0 fully saturated rings. The molecule has 0 saturated heterocycles. The number of aliphatic carboxylic acids is 1. The lowest BCUT2D eigenvalue weighted by Crippen LogP contribution is -1.99. The van der Waals surface area contributed by atoms with E-state index in [2.05, 4.69) is 4.98 Å². The van der Waals surface area contributed by atoms with Crippen molar-refractivity contribution in [3.8, 4) is 5.75 Å². The van der Waals surface area contributed by atoms with E-state index in [-0.39, 0.29) is 6.42 Å². The highest BCUT2D eigenvalue weighted by molar-refractivity contribution is 5.91. The summed E-state index contributed by atoms with van der Waals surface area (Å²) < 4.78 is 5.20. The van der Waals surface area contributed by atoms with Gasteiger partial charge in [-0.1, -0.05) is 6.07 Å². The van der Waals surface area contributed by atoms with Crippen LogP contribution in [0.15, 0.2) is 24.4 Å². The van der Waals surface area contributed by atoms with Crippen molar-refractivity contribution >= 4 is 16.9 Å². The second-order valence-corrected chi connectivity index (χ2v) is 3.27. The first-order valence-corrected chi connectivity index (χ1v) is 4.57. The molecule has 0 atom stereocenters. The number of aromatic amines is 1. The van der Waals surface area contributed by atoms with Crippen LogP contribution in [0.4, 0.5) is 0 Å². The average molecular weight is 205 g/mol. The molecule has 4 heteroatoms. The van der Waals surface area contributed by atoms with E-state index < -0.39 is 5.97 Å². The Balaban J connectivity index is 2.60. The monoisotopic (exact) mass is 205 g/mol. The molecule has 15 heavy (non-hydrogen) atoms. The van der Waals surface area contributed by atoms with E-state index in [0.717, 1.165) is 16.5 Å². The molecule has 0 saturated carbocycles. The quantitative estimate of drug-likeness (QED) is 0.803. The molecule has 1 aromatic carbocycles. The molecule has 0 spiro atoms. The molecule has 0 aliphatic rings. The van der Waals surface area contributed by atoms with Crippen LogP contribution in [0.2, 0.25) is 0 Å². The van der Waals surface area contributed by atoms with Crippen molar-refractivity contribution < 1.29 is 14.6 Å². The zero-order valence-corrected chi connectivity index (χ0v) is 8.28. The van der Waals surface area contributed by atoms with Gasteiger partial charge in [-0.05, 0) is 17.7 Å². The molecule has 1 aromatic heterocycles. The summed E-state index contributed by atoms with van der Waals surface area (Å²) in [5.41, 5.74) is 1.64. The minimum Gasteiger partial charge on any atom is -0.496 e. The molecule has 78 valence electrons. The fraction of sp³-hybridized carbons (Fsp3) is 0.182. The maximum atomic E-state index is 10.7. The van der Waals surface area contributed by atoms with Gasteiger partial charge in [0.05, 0.1) is 13.5 Å². The molecule has 0 aliphatic carbocycles. The van der Waals surface area contributed by atoms with Crippen molar-refractivity contribution in [3.05, 3.63) is 30.0 Å². The predicted octanol–water partition coefficient (Wildman–Crippen LogP) is 1.80. The number of hydrogen-bond acceptors (Lipinski definition) is 2.